The van der Waals surface area contributed by atoms with Crippen molar-refractivity contribution < 1.29 is 9.53 Å². The number of para-hydroxylation sites is 2. The zero-order valence-electron chi connectivity index (χ0n) is 18.5. The lowest BCUT2D eigenvalue weighted by Crippen LogP contribution is -2.49. The fourth-order valence-electron chi connectivity index (χ4n) is 4.04. The molecule has 0 radical (unpaired) electrons. The van der Waals surface area contributed by atoms with Crippen LogP contribution < -0.4 is 9.64 Å². The van der Waals surface area contributed by atoms with Gasteiger partial charge in [-0.2, -0.15) is 5.10 Å². The first-order valence-electron chi connectivity index (χ1n) is 10.7. The molecule has 0 aliphatic carbocycles. The Morgan fingerprint density at radius 3 is 2.64 bits per heavy atom. The third kappa shape index (κ3) is 4.07. The van der Waals surface area contributed by atoms with Crippen molar-refractivity contribution in [2.45, 2.75) is 6.92 Å². The molecule has 1 aliphatic heterocycles. The predicted octanol–water partition coefficient (Wildman–Crippen LogP) is 3.67. The second kappa shape index (κ2) is 9.03. The topological polar surface area (TPSA) is 76.4 Å². The van der Waals surface area contributed by atoms with Crippen molar-refractivity contribution in [2.75, 3.05) is 38.2 Å². The molecule has 1 fully saturated rings. The van der Waals surface area contributed by atoms with Crippen LogP contribution >= 0.6 is 11.3 Å². The maximum atomic E-state index is 13.3. The van der Waals surface area contributed by atoms with Crippen molar-refractivity contribution in [3.05, 3.63) is 71.5 Å². The van der Waals surface area contributed by atoms with E-state index in [4.69, 9.17) is 4.74 Å². The van der Waals surface area contributed by atoms with E-state index in [9.17, 15) is 4.79 Å². The van der Waals surface area contributed by atoms with Crippen molar-refractivity contribution >= 4 is 22.9 Å². The fourth-order valence-corrected chi connectivity index (χ4v) is 4.74. The third-order valence-electron chi connectivity index (χ3n) is 5.84. The van der Waals surface area contributed by atoms with E-state index in [1.807, 2.05) is 53.6 Å². The summed E-state index contributed by atoms with van der Waals surface area (Å²) in [5, 5.41) is 6.44. The quantitative estimate of drug-likeness (QED) is 0.452. The SMILES string of the molecule is COc1ccccc1N1CCN(C(=O)c2cnn(-c3nccc(-c4cccs4)n3)c2C)CC1. The minimum atomic E-state index is -0.0205. The van der Waals surface area contributed by atoms with Crippen molar-refractivity contribution in [3.63, 3.8) is 0 Å². The summed E-state index contributed by atoms with van der Waals surface area (Å²) in [6.07, 6.45) is 3.34. The molecule has 8 nitrogen and oxygen atoms in total. The lowest BCUT2D eigenvalue weighted by Gasteiger charge is -2.36. The van der Waals surface area contributed by atoms with E-state index in [-0.39, 0.29) is 5.91 Å². The molecular formula is C24H24N6O2S. The Hall–Kier alpha value is -3.72. The smallest absolute Gasteiger partial charge is 0.257 e. The molecule has 3 aromatic heterocycles. The zero-order valence-corrected chi connectivity index (χ0v) is 19.3. The van der Waals surface area contributed by atoms with Crippen LogP contribution in [0.4, 0.5) is 5.69 Å². The number of aromatic nitrogens is 4. The second-order valence-electron chi connectivity index (χ2n) is 7.73. The van der Waals surface area contributed by atoms with E-state index in [1.54, 1.807) is 35.5 Å². The fraction of sp³-hybridized carbons (Fsp3) is 0.250. The number of hydrogen-bond acceptors (Lipinski definition) is 7. The van der Waals surface area contributed by atoms with E-state index in [1.165, 1.54) is 0 Å². The Bertz CT molecular complexity index is 1260. The number of amides is 1. The second-order valence-corrected chi connectivity index (χ2v) is 8.67. The minimum absolute atomic E-state index is 0.0205. The molecule has 5 rings (SSSR count). The van der Waals surface area contributed by atoms with Gasteiger partial charge in [-0.25, -0.2) is 14.6 Å². The van der Waals surface area contributed by atoms with Gasteiger partial charge in [0.1, 0.15) is 5.75 Å². The lowest BCUT2D eigenvalue weighted by atomic mass is 10.2. The number of piperazine rings is 1. The number of nitrogens with zero attached hydrogens (tertiary/aromatic N) is 6. The molecule has 9 heteroatoms. The number of ether oxygens (including phenoxy) is 1. The normalized spacial score (nSPS) is 13.9. The Morgan fingerprint density at radius 2 is 1.88 bits per heavy atom. The van der Waals surface area contributed by atoms with Gasteiger partial charge in [0.25, 0.3) is 11.9 Å². The van der Waals surface area contributed by atoms with Crippen LogP contribution in [0.5, 0.6) is 5.75 Å². The Balaban J connectivity index is 1.32. The summed E-state index contributed by atoms with van der Waals surface area (Å²) >= 11 is 1.62. The average molecular weight is 461 g/mol. The summed E-state index contributed by atoms with van der Waals surface area (Å²) in [5.74, 6) is 1.28. The summed E-state index contributed by atoms with van der Waals surface area (Å²) in [6, 6.07) is 13.9. The molecule has 0 saturated carbocycles. The van der Waals surface area contributed by atoms with Crippen LogP contribution in [0.15, 0.2) is 60.2 Å². The van der Waals surface area contributed by atoms with Gasteiger partial charge < -0.3 is 14.5 Å². The molecular weight excluding hydrogens is 436 g/mol. The molecule has 0 atom stereocenters. The first-order chi connectivity index (χ1) is 16.2. The van der Waals surface area contributed by atoms with Gasteiger partial charge >= 0.3 is 0 Å². The van der Waals surface area contributed by atoms with Crippen LogP contribution in [-0.2, 0) is 0 Å². The van der Waals surface area contributed by atoms with Gasteiger partial charge in [0.2, 0.25) is 0 Å². The number of benzene rings is 1. The van der Waals surface area contributed by atoms with Crippen molar-refractivity contribution in [3.8, 4) is 22.3 Å². The average Bonchev–Trinajstić information content (AvgIpc) is 3.54. The van der Waals surface area contributed by atoms with Crippen LogP contribution in [0.3, 0.4) is 0 Å². The van der Waals surface area contributed by atoms with E-state index in [2.05, 4.69) is 26.0 Å². The number of anilines is 1. The van der Waals surface area contributed by atoms with Crippen LogP contribution in [0.25, 0.3) is 16.5 Å². The molecule has 0 N–H and O–H groups in total. The summed E-state index contributed by atoms with van der Waals surface area (Å²) in [4.78, 5) is 27.5. The molecule has 0 bridgehead atoms. The molecule has 1 aliphatic rings. The largest absolute Gasteiger partial charge is 0.495 e. The number of rotatable bonds is 5. The van der Waals surface area contributed by atoms with E-state index < -0.39 is 0 Å². The highest BCUT2D eigenvalue weighted by Crippen LogP contribution is 2.29. The number of thiophene rings is 1. The molecule has 1 amide bonds. The highest BCUT2D eigenvalue weighted by atomic mass is 32.1. The molecule has 1 saturated heterocycles. The Kier molecular flexibility index (Phi) is 5.78. The third-order valence-corrected chi connectivity index (χ3v) is 6.73. The van der Waals surface area contributed by atoms with Crippen LogP contribution in [0, 0.1) is 6.92 Å². The summed E-state index contributed by atoms with van der Waals surface area (Å²) < 4.78 is 7.12. The first-order valence-corrected chi connectivity index (χ1v) is 11.6. The van der Waals surface area contributed by atoms with E-state index >= 15 is 0 Å². The van der Waals surface area contributed by atoms with Gasteiger partial charge in [0.05, 0.1) is 40.8 Å². The molecule has 0 unspecified atom stereocenters. The van der Waals surface area contributed by atoms with E-state index in [0.29, 0.717) is 24.6 Å². The standard InChI is InChI=1S/C24H24N6O2S/c1-17-18(16-26-30(17)24-25-10-9-19(27-24)22-8-5-15-33-22)23(31)29-13-11-28(12-14-29)20-6-3-4-7-21(20)32-2/h3-10,15-16H,11-14H2,1-2H3. The van der Waals surface area contributed by atoms with Gasteiger partial charge in [-0.1, -0.05) is 18.2 Å². The molecule has 33 heavy (non-hydrogen) atoms. The Morgan fingerprint density at radius 1 is 1.06 bits per heavy atom. The van der Waals surface area contributed by atoms with Crippen molar-refractivity contribution in [1.29, 1.82) is 0 Å². The van der Waals surface area contributed by atoms with Gasteiger partial charge in [-0.3, -0.25) is 4.79 Å². The Labute approximate surface area is 196 Å². The number of carbonyl (C=O) groups is 1. The van der Waals surface area contributed by atoms with E-state index in [0.717, 1.165) is 40.8 Å². The van der Waals surface area contributed by atoms with Crippen molar-refractivity contribution in [1.82, 2.24) is 24.6 Å². The molecule has 4 aromatic rings. The molecule has 168 valence electrons. The van der Waals surface area contributed by atoms with Crippen molar-refractivity contribution in [2.24, 2.45) is 0 Å². The van der Waals surface area contributed by atoms with Gasteiger partial charge in [-0.15, -0.1) is 11.3 Å². The van der Waals surface area contributed by atoms with Gasteiger partial charge in [0, 0.05) is 32.4 Å². The predicted molar refractivity (Wildman–Crippen MR) is 128 cm³/mol. The minimum Gasteiger partial charge on any atom is -0.495 e. The maximum Gasteiger partial charge on any atom is 0.257 e. The van der Waals surface area contributed by atoms with Gasteiger partial charge in [-0.05, 0) is 36.6 Å². The molecule has 0 spiro atoms. The maximum absolute atomic E-state index is 13.3. The molecule has 1 aromatic carbocycles. The summed E-state index contributed by atoms with van der Waals surface area (Å²) in [7, 11) is 1.68. The van der Waals surface area contributed by atoms with Gasteiger partial charge in [0.15, 0.2) is 0 Å². The number of carbonyl (C=O) groups excluding carboxylic acids is 1. The first kappa shape index (κ1) is 21.1. The number of hydrogen-bond donors (Lipinski definition) is 0. The summed E-state index contributed by atoms with van der Waals surface area (Å²) in [5.41, 5.74) is 3.20. The zero-order chi connectivity index (χ0) is 22.8. The highest BCUT2D eigenvalue weighted by molar-refractivity contribution is 7.13. The van der Waals surface area contributed by atoms with Crippen LogP contribution in [0.1, 0.15) is 16.1 Å². The molecule has 4 heterocycles. The monoisotopic (exact) mass is 460 g/mol. The number of methoxy groups -OCH3 is 1. The van der Waals surface area contributed by atoms with Crippen LogP contribution in [-0.4, -0.2) is 63.8 Å². The summed E-state index contributed by atoms with van der Waals surface area (Å²) in [6.45, 7) is 4.63. The van der Waals surface area contributed by atoms with Crippen LogP contribution in [0.2, 0.25) is 0 Å². The lowest BCUT2D eigenvalue weighted by molar-refractivity contribution is 0.0746. The highest BCUT2D eigenvalue weighted by Gasteiger charge is 2.26.